The molecule has 132 valence electrons. The first-order valence-corrected chi connectivity index (χ1v) is 7.56. The van der Waals surface area contributed by atoms with Gasteiger partial charge in [0.05, 0.1) is 27.2 Å². The molecule has 0 aliphatic heterocycles. The van der Waals surface area contributed by atoms with Crippen LogP contribution in [0.1, 0.15) is 33.4 Å². The van der Waals surface area contributed by atoms with E-state index in [0.717, 1.165) is 0 Å². The summed E-state index contributed by atoms with van der Waals surface area (Å²) in [5, 5.41) is 0. The topological polar surface area (TPSA) is 92.0 Å². The molecular weight excluding hydrogens is 328 g/mol. The van der Waals surface area contributed by atoms with Crippen molar-refractivity contribution in [2.24, 2.45) is 0 Å². The second-order valence-electron chi connectivity index (χ2n) is 4.94. The molecule has 0 atom stereocenters. The third kappa shape index (κ3) is 3.88. The van der Waals surface area contributed by atoms with E-state index < -0.39 is 17.9 Å². The summed E-state index contributed by atoms with van der Waals surface area (Å²) >= 11 is 0. The highest BCUT2D eigenvalue weighted by Gasteiger charge is 2.32. The zero-order valence-corrected chi connectivity index (χ0v) is 14.2. The highest BCUT2D eigenvalue weighted by atomic mass is 16.5. The molecule has 2 rings (SSSR count). The molecule has 2 aromatic rings. The molecule has 0 fully saturated rings. The van der Waals surface area contributed by atoms with Crippen LogP contribution in [0.5, 0.6) is 0 Å². The van der Waals surface area contributed by atoms with Crippen molar-refractivity contribution in [3.05, 3.63) is 47.2 Å². The molecule has 7 nitrogen and oxygen atoms in total. The van der Waals surface area contributed by atoms with Crippen LogP contribution in [0.15, 0.2) is 34.7 Å². The van der Waals surface area contributed by atoms with E-state index >= 15 is 0 Å². The van der Waals surface area contributed by atoms with E-state index in [-0.39, 0.29) is 35.7 Å². The smallest absolute Gasteiger partial charge is 0.374 e. The first-order chi connectivity index (χ1) is 12.0. The minimum absolute atomic E-state index is 0.138. The van der Waals surface area contributed by atoms with Crippen LogP contribution in [-0.2, 0) is 25.4 Å². The van der Waals surface area contributed by atoms with E-state index in [2.05, 4.69) is 4.74 Å². The molecule has 25 heavy (non-hydrogen) atoms. The van der Waals surface area contributed by atoms with Gasteiger partial charge < -0.3 is 18.6 Å². The first kappa shape index (κ1) is 18.3. The average Bonchev–Trinajstić information content (AvgIpc) is 3.00. The Kier molecular flexibility index (Phi) is 5.94. The van der Waals surface area contributed by atoms with Crippen molar-refractivity contribution in [3.8, 4) is 11.3 Å². The summed E-state index contributed by atoms with van der Waals surface area (Å²) in [5.74, 6) is -2.29. The molecule has 0 aliphatic rings. The van der Waals surface area contributed by atoms with Gasteiger partial charge in [-0.15, -0.1) is 0 Å². The minimum Gasteiger partial charge on any atom is -0.466 e. The van der Waals surface area contributed by atoms with Gasteiger partial charge in [-0.2, -0.15) is 0 Å². The molecule has 0 saturated heterocycles. The van der Waals surface area contributed by atoms with E-state index in [4.69, 9.17) is 13.9 Å². The van der Waals surface area contributed by atoms with Crippen LogP contribution in [0.3, 0.4) is 0 Å². The molecule has 7 heteroatoms. The molecule has 1 aromatic carbocycles. The second-order valence-corrected chi connectivity index (χ2v) is 4.94. The maximum absolute atomic E-state index is 12.2. The van der Waals surface area contributed by atoms with Gasteiger partial charge in [0.2, 0.25) is 5.76 Å². The number of carbonyl (C=O) groups excluding carboxylic acids is 3. The number of methoxy groups -OCH3 is 2. The zero-order valence-electron chi connectivity index (χ0n) is 14.2. The highest BCUT2D eigenvalue weighted by molar-refractivity contribution is 6.04. The SMILES string of the molecule is CCOC(=O)Cc1c(-c2ccccc2)oc(C(=O)OC)c1C(=O)OC. The largest absolute Gasteiger partial charge is 0.466 e. The third-order valence-corrected chi connectivity index (χ3v) is 3.43. The van der Waals surface area contributed by atoms with Gasteiger partial charge >= 0.3 is 17.9 Å². The van der Waals surface area contributed by atoms with Crippen LogP contribution in [0.25, 0.3) is 11.3 Å². The van der Waals surface area contributed by atoms with Crippen LogP contribution in [0.4, 0.5) is 0 Å². The quantitative estimate of drug-likeness (QED) is 0.586. The van der Waals surface area contributed by atoms with Crippen molar-refractivity contribution in [3.63, 3.8) is 0 Å². The standard InChI is InChI=1S/C18H18O7/c1-4-24-13(19)10-12-14(17(20)22-2)16(18(21)23-3)25-15(12)11-8-6-5-7-9-11/h5-9H,4,10H2,1-3H3. The van der Waals surface area contributed by atoms with E-state index in [9.17, 15) is 14.4 Å². The molecule has 0 saturated carbocycles. The van der Waals surface area contributed by atoms with Gasteiger partial charge in [0.15, 0.2) is 0 Å². The van der Waals surface area contributed by atoms with Crippen molar-refractivity contribution in [2.45, 2.75) is 13.3 Å². The molecule has 0 amide bonds. The van der Waals surface area contributed by atoms with Gasteiger partial charge in [-0.3, -0.25) is 4.79 Å². The number of rotatable bonds is 6. The Balaban J connectivity index is 2.68. The second kappa shape index (κ2) is 8.14. The molecule has 1 aromatic heterocycles. The first-order valence-electron chi connectivity index (χ1n) is 7.56. The van der Waals surface area contributed by atoms with Gasteiger partial charge in [0, 0.05) is 11.1 Å². The van der Waals surface area contributed by atoms with Crippen molar-refractivity contribution in [1.29, 1.82) is 0 Å². The zero-order chi connectivity index (χ0) is 18.4. The molecule has 0 N–H and O–H groups in total. The normalized spacial score (nSPS) is 10.2. The number of ether oxygens (including phenoxy) is 3. The van der Waals surface area contributed by atoms with Crippen molar-refractivity contribution in [2.75, 3.05) is 20.8 Å². The predicted molar refractivity (Wildman–Crippen MR) is 87.2 cm³/mol. The highest BCUT2D eigenvalue weighted by Crippen LogP contribution is 2.33. The third-order valence-electron chi connectivity index (χ3n) is 3.43. The summed E-state index contributed by atoms with van der Waals surface area (Å²) in [7, 11) is 2.34. The molecular formula is C18H18O7. The van der Waals surface area contributed by atoms with Crippen LogP contribution in [-0.4, -0.2) is 38.7 Å². The van der Waals surface area contributed by atoms with Gasteiger partial charge in [0.1, 0.15) is 11.3 Å². The molecule has 0 unspecified atom stereocenters. The average molecular weight is 346 g/mol. The van der Waals surface area contributed by atoms with E-state index in [1.807, 2.05) is 0 Å². The molecule has 0 radical (unpaired) electrons. The monoisotopic (exact) mass is 346 g/mol. The minimum atomic E-state index is -0.840. The van der Waals surface area contributed by atoms with Crippen LogP contribution in [0.2, 0.25) is 0 Å². The van der Waals surface area contributed by atoms with E-state index in [1.165, 1.54) is 14.2 Å². The van der Waals surface area contributed by atoms with Crippen molar-refractivity contribution < 1.29 is 33.0 Å². The van der Waals surface area contributed by atoms with E-state index in [1.54, 1.807) is 37.3 Å². The van der Waals surface area contributed by atoms with Crippen molar-refractivity contribution >= 4 is 17.9 Å². The van der Waals surface area contributed by atoms with Crippen LogP contribution < -0.4 is 0 Å². The Morgan fingerprint density at radius 2 is 1.64 bits per heavy atom. The lowest BCUT2D eigenvalue weighted by Crippen LogP contribution is -2.14. The number of hydrogen-bond donors (Lipinski definition) is 0. The number of carbonyl (C=O) groups is 3. The van der Waals surface area contributed by atoms with Gasteiger partial charge in [-0.05, 0) is 6.92 Å². The lowest BCUT2D eigenvalue weighted by molar-refractivity contribution is -0.142. The van der Waals surface area contributed by atoms with Crippen LogP contribution in [0, 0.1) is 0 Å². The summed E-state index contributed by atoms with van der Waals surface area (Å²) in [6.07, 6.45) is -0.247. The maximum Gasteiger partial charge on any atom is 0.374 e. The fraction of sp³-hybridized carbons (Fsp3) is 0.278. The Hall–Kier alpha value is -3.09. The maximum atomic E-state index is 12.2. The van der Waals surface area contributed by atoms with Gasteiger partial charge in [0.25, 0.3) is 0 Å². The summed E-state index contributed by atoms with van der Waals surface area (Å²) in [4.78, 5) is 36.2. The van der Waals surface area contributed by atoms with E-state index in [0.29, 0.717) is 5.56 Å². The van der Waals surface area contributed by atoms with Crippen LogP contribution >= 0.6 is 0 Å². The van der Waals surface area contributed by atoms with Gasteiger partial charge in [-0.1, -0.05) is 30.3 Å². The Morgan fingerprint density at radius 1 is 1.00 bits per heavy atom. The number of esters is 3. The number of hydrogen-bond acceptors (Lipinski definition) is 7. The summed E-state index contributed by atoms with van der Waals surface area (Å²) in [5.41, 5.74) is 0.681. The molecule has 0 aliphatic carbocycles. The van der Waals surface area contributed by atoms with Crippen molar-refractivity contribution in [1.82, 2.24) is 0 Å². The summed E-state index contributed by atoms with van der Waals surface area (Å²) in [6.45, 7) is 1.86. The fourth-order valence-electron chi connectivity index (χ4n) is 2.37. The Labute approximate surface area is 144 Å². The predicted octanol–water partition coefficient (Wildman–Crippen LogP) is 2.63. The van der Waals surface area contributed by atoms with Gasteiger partial charge in [-0.25, -0.2) is 9.59 Å². The molecule has 1 heterocycles. The Morgan fingerprint density at radius 3 is 2.20 bits per heavy atom. The number of benzene rings is 1. The number of furan rings is 1. The Bertz CT molecular complexity index is 774. The summed E-state index contributed by atoms with van der Waals surface area (Å²) in [6, 6.07) is 8.80. The fourth-order valence-corrected chi connectivity index (χ4v) is 2.37. The molecule has 0 bridgehead atoms. The summed E-state index contributed by atoms with van der Waals surface area (Å²) < 4.78 is 20.0. The lowest BCUT2D eigenvalue weighted by Gasteiger charge is -2.05. The molecule has 0 spiro atoms. The lowest BCUT2D eigenvalue weighted by atomic mass is 10.0.